The van der Waals surface area contributed by atoms with Crippen LogP contribution in [-0.4, -0.2) is 22.1 Å². The van der Waals surface area contributed by atoms with Crippen LogP contribution in [-0.2, 0) is 10.5 Å². The van der Waals surface area contributed by atoms with E-state index in [1.54, 1.807) is 23.5 Å². The first kappa shape index (κ1) is 16.9. The Morgan fingerprint density at radius 3 is 2.74 bits per heavy atom. The number of nitrogens with zero attached hydrogens (tertiary/aromatic N) is 1. The molecule has 0 spiro atoms. The summed E-state index contributed by atoms with van der Waals surface area (Å²) in [5, 5.41) is 3.22. The minimum absolute atomic E-state index is 0.155. The highest BCUT2D eigenvalue weighted by Crippen LogP contribution is 2.34. The van der Waals surface area contributed by atoms with Crippen molar-refractivity contribution >= 4 is 39.5 Å². The van der Waals surface area contributed by atoms with Crippen LogP contribution in [0.5, 0.6) is 0 Å². The first-order valence-electron chi connectivity index (χ1n) is 8.53. The third kappa shape index (κ3) is 5.28. The first-order chi connectivity index (χ1) is 11.3. The van der Waals surface area contributed by atoms with Crippen LogP contribution < -0.4 is 5.32 Å². The molecular formula is C18H24N2OS2. The molecule has 0 radical (unpaired) electrons. The van der Waals surface area contributed by atoms with Crippen molar-refractivity contribution in [3.8, 4) is 0 Å². The lowest BCUT2D eigenvalue weighted by Gasteiger charge is -2.21. The number of hydrogen-bond donors (Lipinski definition) is 1. The minimum Gasteiger partial charge on any atom is -0.353 e. The molecule has 1 aliphatic carbocycles. The Morgan fingerprint density at radius 2 is 1.91 bits per heavy atom. The molecule has 0 atom stereocenters. The Hall–Kier alpha value is -0.940. The highest BCUT2D eigenvalue weighted by Gasteiger charge is 2.17. The molecule has 3 rings (SSSR count). The molecule has 1 amide bonds. The van der Waals surface area contributed by atoms with Crippen molar-refractivity contribution in [2.24, 2.45) is 4.99 Å². The average Bonchev–Trinajstić information content (AvgIpc) is 2.55. The minimum atomic E-state index is 0.155. The van der Waals surface area contributed by atoms with Gasteiger partial charge in [0.15, 0.2) is 0 Å². The van der Waals surface area contributed by atoms with Crippen molar-refractivity contribution in [2.75, 3.05) is 5.75 Å². The molecule has 1 saturated carbocycles. The first-order valence-corrected chi connectivity index (χ1v) is 10.5. The van der Waals surface area contributed by atoms with Crippen LogP contribution in [0.25, 0.3) is 0 Å². The second-order valence-corrected chi connectivity index (χ2v) is 8.38. The maximum atomic E-state index is 12.2. The summed E-state index contributed by atoms with van der Waals surface area (Å²) < 4.78 is 1.01. The third-order valence-corrected chi connectivity index (χ3v) is 6.60. The molecular weight excluding hydrogens is 324 g/mol. The quantitative estimate of drug-likeness (QED) is 0.846. The second kappa shape index (κ2) is 8.78. The van der Waals surface area contributed by atoms with E-state index < -0.39 is 0 Å². The smallest absolute Gasteiger partial charge is 0.230 e. The molecule has 1 aliphatic heterocycles. The van der Waals surface area contributed by atoms with Gasteiger partial charge in [-0.05, 0) is 24.5 Å². The summed E-state index contributed by atoms with van der Waals surface area (Å²) in [6.45, 7) is 0. The van der Waals surface area contributed by atoms with Gasteiger partial charge in [-0.1, -0.05) is 73.8 Å². The number of thioether (sulfide) groups is 2. The molecule has 0 aromatic heterocycles. The molecule has 3 nitrogen and oxygen atoms in total. The van der Waals surface area contributed by atoms with E-state index in [2.05, 4.69) is 22.4 Å². The lowest BCUT2D eigenvalue weighted by Crippen LogP contribution is -2.36. The van der Waals surface area contributed by atoms with E-state index >= 15 is 0 Å². The van der Waals surface area contributed by atoms with Crippen LogP contribution in [0.3, 0.4) is 0 Å². The number of carbonyl (C=O) groups excluding carboxylic acids is 1. The van der Waals surface area contributed by atoms with Crippen LogP contribution in [0, 0.1) is 0 Å². The van der Waals surface area contributed by atoms with Gasteiger partial charge in [-0.15, -0.1) is 0 Å². The van der Waals surface area contributed by atoms with Gasteiger partial charge < -0.3 is 5.32 Å². The Morgan fingerprint density at radius 1 is 1.17 bits per heavy atom. The molecule has 23 heavy (non-hydrogen) atoms. The fourth-order valence-electron chi connectivity index (χ4n) is 3.08. The zero-order chi connectivity index (χ0) is 15.9. The highest BCUT2D eigenvalue weighted by atomic mass is 32.2. The SMILES string of the molecule is O=C(CSC1=Nc2ccccc2CS1)NC1CCCCCCC1. The van der Waals surface area contributed by atoms with Gasteiger partial charge in [-0.2, -0.15) is 0 Å². The molecule has 124 valence electrons. The number of hydrogen-bond acceptors (Lipinski definition) is 4. The summed E-state index contributed by atoms with van der Waals surface area (Å²) in [7, 11) is 0. The zero-order valence-electron chi connectivity index (χ0n) is 13.4. The normalized spacial score (nSPS) is 19.2. The molecule has 1 N–H and O–H groups in total. The zero-order valence-corrected chi connectivity index (χ0v) is 15.1. The Labute approximate surface area is 147 Å². The van der Waals surface area contributed by atoms with E-state index in [1.807, 2.05) is 12.1 Å². The molecule has 0 bridgehead atoms. The average molecular weight is 349 g/mol. The number of nitrogens with one attached hydrogen (secondary N) is 1. The van der Waals surface area contributed by atoms with E-state index in [-0.39, 0.29) is 5.91 Å². The fourth-order valence-corrected chi connectivity index (χ4v) is 4.96. The van der Waals surface area contributed by atoms with Gasteiger partial charge in [0.25, 0.3) is 0 Å². The second-order valence-electron chi connectivity index (χ2n) is 6.19. The molecule has 2 aliphatic rings. The van der Waals surface area contributed by atoms with E-state index in [9.17, 15) is 4.79 Å². The van der Waals surface area contributed by atoms with E-state index in [4.69, 9.17) is 0 Å². The van der Waals surface area contributed by atoms with Crippen LogP contribution in [0.15, 0.2) is 29.3 Å². The Balaban J connectivity index is 1.46. The summed E-state index contributed by atoms with van der Waals surface area (Å²) in [6.07, 6.45) is 8.75. The van der Waals surface area contributed by atoms with E-state index in [0.717, 1.165) is 28.7 Å². The lowest BCUT2D eigenvalue weighted by atomic mass is 9.97. The van der Waals surface area contributed by atoms with E-state index in [1.165, 1.54) is 37.7 Å². The lowest BCUT2D eigenvalue weighted by molar-refractivity contribution is -0.119. The maximum Gasteiger partial charge on any atom is 0.230 e. The van der Waals surface area contributed by atoms with Gasteiger partial charge >= 0.3 is 0 Å². The molecule has 1 fully saturated rings. The van der Waals surface area contributed by atoms with E-state index in [0.29, 0.717) is 11.8 Å². The third-order valence-electron chi connectivity index (χ3n) is 4.35. The maximum absolute atomic E-state index is 12.2. The number of aliphatic imine (C=N–C) groups is 1. The molecule has 1 heterocycles. The van der Waals surface area contributed by atoms with Crippen LogP contribution in [0.1, 0.15) is 50.5 Å². The Kier molecular flexibility index (Phi) is 6.46. The molecule has 0 saturated heterocycles. The standard InChI is InChI=1S/C18H24N2OS2/c21-17(19-15-9-4-2-1-3-5-10-15)13-23-18-20-16-11-7-6-8-14(16)12-22-18/h6-8,11,15H,1-5,9-10,12-13H2,(H,19,21). The molecule has 5 heteroatoms. The number of para-hydroxylation sites is 1. The number of amides is 1. The summed E-state index contributed by atoms with van der Waals surface area (Å²) in [5.41, 5.74) is 2.33. The van der Waals surface area contributed by atoms with Crippen molar-refractivity contribution in [1.29, 1.82) is 0 Å². The van der Waals surface area contributed by atoms with Crippen molar-refractivity contribution in [3.05, 3.63) is 29.8 Å². The largest absolute Gasteiger partial charge is 0.353 e. The predicted octanol–water partition coefficient (Wildman–Crippen LogP) is 4.88. The Bertz CT molecular complexity index is 566. The van der Waals surface area contributed by atoms with Gasteiger partial charge in [-0.25, -0.2) is 4.99 Å². The monoisotopic (exact) mass is 348 g/mol. The summed E-state index contributed by atoms with van der Waals surface area (Å²) in [4.78, 5) is 16.9. The van der Waals surface area contributed by atoms with Gasteiger partial charge in [0, 0.05) is 11.8 Å². The topological polar surface area (TPSA) is 41.5 Å². The van der Waals surface area contributed by atoms with Crippen LogP contribution in [0.4, 0.5) is 5.69 Å². The van der Waals surface area contributed by atoms with Crippen molar-refractivity contribution in [2.45, 2.75) is 56.7 Å². The highest BCUT2D eigenvalue weighted by molar-refractivity contribution is 8.38. The molecule has 1 aromatic carbocycles. The van der Waals surface area contributed by atoms with Crippen molar-refractivity contribution in [3.63, 3.8) is 0 Å². The summed E-state index contributed by atoms with van der Waals surface area (Å²) in [6, 6.07) is 8.61. The number of rotatable bonds is 3. The van der Waals surface area contributed by atoms with Crippen molar-refractivity contribution < 1.29 is 4.79 Å². The van der Waals surface area contributed by atoms with Crippen molar-refractivity contribution in [1.82, 2.24) is 5.32 Å². The van der Waals surface area contributed by atoms with Crippen LogP contribution >= 0.6 is 23.5 Å². The fraction of sp³-hybridized carbons (Fsp3) is 0.556. The predicted molar refractivity (Wildman–Crippen MR) is 102 cm³/mol. The van der Waals surface area contributed by atoms with Gasteiger partial charge in [0.05, 0.1) is 11.4 Å². The number of benzene rings is 1. The van der Waals surface area contributed by atoms with Crippen LogP contribution in [0.2, 0.25) is 0 Å². The number of carbonyl (C=O) groups is 1. The van der Waals surface area contributed by atoms with Gasteiger partial charge in [-0.3, -0.25) is 4.79 Å². The number of fused-ring (bicyclic) bond motifs is 1. The molecule has 1 aromatic rings. The molecule has 0 unspecified atom stereocenters. The van der Waals surface area contributed by atoms with Gasteiger partial charge in [0.1, 0.15) is 4.38 Å². The summed E-state index contributed by atoms with van der Waals surface area (Å²) in [5.74, 6) is 1.58. The summed E-state index contributed by atoms with van der Waals surface area (Å²) >= 11 is 3.30. The van der Waals surface area contributed by atoms with Gasteiger partial charge in [0.2, 0.25) is 5.91 Å².